The van der Waals surface area contributed by atoms with Gasteiger partial charge in [-0.1, -0.05) is 6.92 Å². The molecular weight excluding hydrogens is 266 g/mol. The summed E-state index contributed by atoms with van der Waals surface area (Å²) in [4.78, 5) is 15.7. The van der Waals surface area contributed by atoms with E-state index in [0.717, 1.165) is 5.69 Å². The van der Waals surface area contributed by atoms with E-state index in [1.165, 1.54) is 6.07 Å². The summed E-state index contributed by atoms with van der Waals surface area (Å²) in [7, 11) is -3.10. The summed E-state index contributed by atoms with van der Waals surface area (Å²) < 4.78 is 25.4. The van der Waals surface area contributed by atoms with Gasteiger partial charge in [0.2, 0.25) is 15.6 Å². The summed E-state index contributed by atoms with van der Waals surface area (Å²) in [6, 6.07) is 3.24. The lowest BCUT2D eigenvalue weighted by Crippen LogP contribution is -2.49. The van der Waals surface area contributed by atoms with E-state index in [-0.39, 0.29) is 11.3 Å². The Balaban J connectivity index is 1.99. The van der Waals surface area contributed by atoms with Gasteiger partial charge in [-0.15, -0.1) is 0 Å². The molecule has 1 aliphatic rings. The number of anilines is 1. The van der Waals surface area contributed by atoms with E-state index in [9.17, 15) is 13.2 Å². The maximum Gasteiger partial charge on any atom is 0.248 e. The van der Waals surface area contributed by atoms with Crippen LogP contribution in [0.3, 0.4) is 0 Å². The molecule has 0 aliphatic carbocycles. The number of sulfonamides is 1. The predicted molar refractivity (Wildman–Crippen MR) is 74.9 cm³/mol. The number of nitrogens with zero attached hydrogens (tertiary/aromatic N) is 2. The Hall–Kier alpha value is -1.34. The van der Waals surface area contributed by atoms with Crippen molar-refractivity contribution in [3.63, 3.8) is 0 Å². The van der Waals surface area contributed by atoms with Gasteiger partial charge in [-0.2, -0.15) is 4.31 Å². The Morgan fingerprint density at radius 2 is 1.89 bits per heavy atom. The highest BCUT2D eigenvalue weighted by molar-refractivity contribution is 7.89. The number of pyridine rings is 1. The molecule has 0 saturated carbocycles. The third-order valence-electron chi connectivity index (χ3n) is 3.23. The van der Waals surface area contributed by atoms with Gasteiger partial charge in [0.25, 0.3) is 0 Å². The van der Waals surface area contributed by atoms with Crippen LogP contribution in [0.4, 0.5) is 5.69 Å². The lowest BCUT2D eigenvalue weighted by atomic mass is 10.3. The first-order valence-electron chi connectivity index (χ1n) is 6.44. The SMILES string of the molecule is CCCS(=O)(=O)N1CCN(c2ccc(=O)[nH]c2)CC1. The molecule has 1 fully saturated rings. The molecule has 1 saturated heterocycles. The van der Waals surface area contributed by atoms with E-state index >= 15 is 0 Å². The van der Waals surface area contributed by atoms with E-state index in [0.29, 0.717) is 32.6 Å². The monoisotopic (exact) mass is 285 g/mol. The van der Waals surface area contributed by atoms with Gasteiger partial charge < -0.3 is 9.88 Å². The fourth-order valence-electron chi connectivity index (χ4n) is 2.21. The quantitative estimate of drug-likeness (QED) is 0.860. The molecule has 0 atom stereocenters. The third kappa shape index (κ3) is 3.36. The van der Waals surface area contributed by atoms with Crippen LogP contribution in [0.25, 0.3) is 0 Å². The maximum atomic E-state index is 11.9. The molecule has 19 heavy (non-hydrogen) atoms. The van der Waals surface area contributed by atoms with Crippen molar-refractivity contribution in [1.29, 1.82) is 0 Å². The minimum atomic E-state index is -3.10. The van der Waals surface area contributed by atoms with Gasteiger partial charge in [-0.25, -0.2) is 8.42 Å². The van der Waals surface area contributed by atoms with E-state index in [4.69, 9.17) is 0 Å². The summed E-state index contributed by atoms with van der Waals surface area (Å²) in [5.41, 5.74) is 0.792. The van der Waals surface area contributed by atoms with Crippen molar-refractivity contribution in [2.24, 2.45) is 0 Å². The standard InChI is InChI=1S/C12H19N3O3S/c1-2-9-19(17,18)15-7-5-14(6-8-15)11-3-4-12(16)13-10-11/h3-4,10H,2,5-9H2,1H3,(H,13,16). The van der Waals surface area contributed by atoms with Crippen molar-refractivity contribution in [2.45, 2.75) is 13.3 Å². The molecule has 1 N–H and O–H groups in total. The highest BCUT2D eigenvalue weighted by Crippen LogP contribution is 2.15. The lowest BCUT2D eigenvalue weighted by Gasteiger charge is -2.35. The van der Waals surface area contributed by atoms with Crippen LogP contribution in [0.2, 0.25) is 0 Å². The largest absolute Gasteiger partial charge is 0.368 e. The molecule has 1 aromatic heterocycles. The van der Waals surface area contributed by atoms with Crippen LogP contribution < -0.4 is 10.5 Å². The molecule has 2 heterocycles. The number of H-pyrrole nitrogens is 1. The zero-order chi connectivity index (χ0) is 13.9. The summed E-state index contributed by atoms with van der Waals surface area (Å²) in [5.74, 6) is 0.214. The van der Waals surface area contributed by atoms with Gasteiger partial charge in [0, 0.05) is 38.4 Å². The third-order valence-corrected chi connectivity index (χ3v) is 5.30. The van der Waals surface area contributed by atoms with Gasteiger partial charge >= 0.3 is 0 Å². The van der Waals surface area contributed by atoms with Crippen molar-refractivity contribution in [2.75, 3.05) is 36.8 Å². The topological polar surface area (TPSA) is 73.5 Å². The Morgan fingerprint density at radius 3 is 2.42 bits per heavy atom. The summed E-state index contributed by atoms with van der Waals surface area (Å²) >= 11 is 0. The molecule has 106 valence electrons. The molecule has 0 amide bonds. The van der Waals surface area contributed by atoms with Crippen molar-refractivity contribution in [1.82, 2.24) is 9.29 Å². The minimum Gasteiger partial charge on any atom is -0.368 e. The molecule has 6 nitrogen and oxygen atoms in total. The van der Waals surface area contributed by atoms with Crippen molar-refractivity contribution in [3.05, 3.63) is 28.7 Å². The average molecular weight is 285 g/mol. The van der Waals surface area contributed by atoms with Crippen LogP contribution in [-0.4, -0.2) is 49.6 Å². The number of piperazine rings is 1. The molecule has 2 rings (SSSR count). The Morgan fingerprint density at radius 1 is 1.21 bits per heavy atom. The molecule has 0 unspecified atom stereocenters. The summed E-state index contributed by atoms with van der Waals surface area (Å²) in [6.45, 7) is 4.17. The van der Waals surface area contributed by atoms with Gasteiger partial charge in [0.1, 0.15) is 0 Å². The first-order chi connectivity index (χ1) is 9.03. The van der Waals surface area contributed by atoms with Gasteiger partial charge in [0.15, 0.2) is 0 Å². The summed E-state index contributed by atoms with van der Waals surface area (Å²) in [6.07, 6.45) is 2.31. The number of nitrogens with one attached hydrogen (secondary N) is 1. The zero-order valence-corrected chi connectivity index (χ0v) is 11.8. The Kier molecular flexibility index (Phi) is 4.26. The molecule has 0 spiro atoms. The number of aromatic amines is 1. The maximum absolute atomic E-state index is 11.9. The van der Waals surface area contributed by atoms with E-state index in [1.54, 1.807) is 16.6 Å². The highest BCUT2D eigenvalue weighted by Gasteiger charge is 2.26. The number of aromatic nitrogens is 1. The molecule has 1 aliphatic heterocycles. The fourth-order valence-corrected chi connectivity index (χ4v) is 3.70. The van der Waals surface area contributed by atoms with Crippen LogP contribution in [0.1, 0.15) is 13.3 Å². The van der Waals surface area contributed by atoms with Gasteiger partial charge in [-0.05, 0) is 12.5 Å². The second kappa shape index (κ2) is 5.75. The van der Waals surface area contributed by atoms with E-state index in [2.05, 4.69) is 9.88 Å². The number of hydrogen-bond acceptors (Lipinski definition) is 4. The van der Waals surface area contributed by atoms with Gasteiger partial charge in [-0.3, -0.25) is 4.79 Å². The normalized spacial score (nSPS) is 17.6. The second-order valence-electron chi connectivity index (χ2n) is 4.61. The zero-order valence-electron chi connectivity index (χ0n) is 11.0. The smallest absolute Gasteiger partial charge is 0.248 e. The Bertz CT molecular complexity index is 554. The van der Waals surface area contributed by atoms with Crippen LogP contribution >= 0.6 is 0 Å². The molecule has 0 aromatic carbocycles. The minimum absolute atomic E-state index is 0.132. The molecule has 7 heteroatoms. The molecule has 0 bridgehead atoms. The second-order valence-corrected chi connectivity index (χ2v) is 6.70. The predicted octanol–water partition coefficient (Wildman–Crippen LogP) is 0.237. The van der Waals surface area contributed by atoms with Crippen LogP contribution in [-0.2, 0) is 10.0 Å². The van der Waals surface area contributed by atoms with Crippen LogP contribution in [0, 0.1) is 0 Å². The van der Waals surface area contributed by atoms with Crippen molar-refractivity contribution in [3.8, 4) is 0 Å². The molecule has 1 aromatic rings. The average Bonchev–Trinajstić information content (AvgIpc) is 2.40. The molecule has 0 radical (unpaired) electrons. The highest BCUT2D eigenvalue weighted by atomic mass is 32.2. The van der Waals surface area contributed by atoms with Crippen molar-refractivity contribution < 1.29 is 8.42 Å². The van der Waals surface area contributed by atoms with E-state index < -0.39 is 10.0 Å². The van der Waals surface area contributed by atoms with Crippen molar-refractivity contribution >= 4 is 15.7 Å². The summed E-state index contributed by atoms with van der Waals surface area (Å²) in [5, 5.41) is 0. The number of rotatable bonds is 4. The fraction of sp³-hybridized carbons (Fsp3) is 0.583. The van der Waals surface area contributed by atoms with Crippen LogP contribution in [0.15, 0.2) is 23.1 Å². The van der Waals surface area contributed by atoms with E-state index in [1.807, 2.05) is 6.92 Å². The number of hydrogen-bond donors (Lipinski definition) is 1. The molecular formula is C12H19N3O3S. The first kappa shape index (κ1) is 14.1. The van der Waals surface area contributed by atoms with Gasteiger partial charge in [0.05, 0.1) is 11.4 Å². The van der Waals surface area contributed by atoms with Crippen LogP contribution in [0.5, 0.6) is 0 Å². The Labute approximate surface area is 113 Å². The lowest BCUT2D eigenvalue weighted by molar-refractivity contribution is 0.384. The first-order valence-corrected chi connectivity index (χ1v) is 8.05.